The zero-order valence-corrected chi connectivity index (χ0v) is 13.3. The van der Waals surface area contributed by atoms with Crippen molar-refractivity contribution in [3.8, 4) is 0 Å². The van der Waals surface area contributed by atoms with Crippen LogP contribution in [0.1, 0.15) is 32.3 Å². The topological polar surface area (TPSA) is 66.4 Å². The second-order valence-corrected chi connectivity index (χ2v) is 7.40. The van der Waals surface area contributed by atoms with Crippen LogP contribution in [0.15, 0.2) is 29.2 Å². The lowest BCUT2D eigenvalue weighted by atomic mass is 9.83. The Morgan fingerprint density at radius 2 is 1.70 bits per heavy atom. The molecule has 0 saturated carbocycles. The quantitative estimate of drug-likeness (QED) is 0.770. The molecule has 0 bridgehead atoms. The maximum atomic E-state index is 11.4. The van der Waals surface area contributed by atoms with E-state index in [1.54, 1.807) is 12.1 Å². The van der Waals surface area contributed by atoms with E-state index in [0.29, 0.717) is 11.4 Å². The molecule has 0 saturated heterocycles. The molecular weight excluding hydrogens is 274 g/mol. The second-order valence-electron chi connectivity index (χ2n) is 5.38. The summed E-state index contributed by atoms with van der Waals surface area (Å²) in [4.78, 5) is 0.341. The lowest BCUT2D eigenvalue weighted by molar-refractivity contribution is 0.113. The lowest BCUT2D eigenvalue weighted by Crippen LogP contribution is -2.36. The van der Waals surface area contributed by atoms with Crippen molar-refractivity contribution in [2.75, 3.05) is 19.4 Å². The van der Waals surface area contributed by atoms with Gasteiger partial charge >= 0.3 is 0 Å². The van der Waals surface area contributed by atoms with E-state index < -0.39 is 9.84 Å². The Morgan fingerprint density at radius 1 is 1.15 bits per heavy atom. The highest BCUT2D eigenvalue weighted by molar-refractivity contribution is 7.90. The van der Waals surface area contributed by atoms with E-state index in [-0.39, 0.29) is 12.0 Å². The van der Waals surface area contributed by atoms with Gasteiger partial charge < -0.3 is 10.4 Å². The van der Waals surface area contributed by atoms with Gasteiger partial charge in [0.1, 0.15) is 0 Å². The van der Waals surface area contributed by atoms with Crippen LogP contribution in [0.25, 0.3) is 0 Å². The van der Waals surface area contributed by atoms with Crippen molar-refractivity contribution < 1.29 is 13.5 Å². The molecule has 5 heteroatoms. The highest BCUT2D eigenvalue weighted by atomic mass is 32.2. The van der Waals surface area contributed by atoms with Gasteiger partial charge in [-0.1, -0.05) is 26.0 Å². The Hall–Kier alpha value is -0.910. The van der Waals surface area contributed by atoms with Gasteiger partial charge in [-0.3, -0.25) is 0 Å². The summed E-state index contributed by atoms with van der Waals surface area (Å²) in [5, 5.41) is 12.8. The summed E-state index contributed by atoms with van der Waals surface area (Å²) in [5.41, 5.74) is 0.976. The van der Waals surface area contributed by atoms with Crippen LogP contribution in [0.4, 0.5) is 0 Å². The molecule has 2 N–H and O–H groups in total. The van der Waals surface area contributed by atoms with Gasteiger partial charge in [-0.25, -0.2) is 8.42 Å². The summed E-state index contributed by atoms with van der Waals surface area (Å²) >= 11 is 0. The van der Waals surface area contributed by atoms with Crippen LogP contribution in [0.5, 0.6) is 0 Å². The minimum absolute atomic E-state index is 0.0628. The minimum Gasteiger partial charge on any atom is -0.396 e. The van der Waals surface area contributed by atoms with Crippen LogP contribution in [-0.4, -0.2) is 32.9 Å². The van der Waals surface area contributed by atoms with Gasteiger partial charge in [0.05, 0.1) is 4.90 Å². The van der Waals surface area contributed by atoms with Crippen LogP contribution in [-0.2, 0) is 16.4 Å². The summed E-state index contributed by atoms with van der Waals surface area (Å²) in [6, 6.07) is 6.90. The third-order valence-corrected chi connectivity index (χ3v) is 5.14. The molecule has 114 valence electrons. The molecule has 0 unspecified atom stereocenters. The van der Waals surface area contributed by atoms with Gasteiger partial charge in [0.2, 0.25) is 0 Å². The van der Waals surface area contributed by atoms with Gasteiger partial charge in [0, 0.05) is 31.4 Å². The molecule has 0 fully saturated rings. The highest BCUT2D eigenvalue weighted by Crippen LogP contribution is 2.24. The third-order valence-electron chi connectivity index (χ3n) is 4.02. The van der Waals surface area contributed by atoms with E-state index in [9.17, 15) is 13.5 Å². The molecule has 0 heterocycles. The van der Waals surface area contributed by atoms with Crippen LogP contribution in [0.2, 0.25) is 0 Å². The molecule has 0 aromatic heterocycles. The molecule has 0 aliphatic rings. The lowest BCUT2D eigenvalue weighted by Gasteiger charge is -2.29. The number of rotatable bonds is 8. The van der Waals surface area contributed by atoms with Crippen LogP contribution in [0.3, 0.4) is 0 Å². The average Bonchev–Trinajstić information content (AvgIpc) is 2.44. The van der Waals surface area contributed by atoms with E-state index in [1.165, 1.54) is 6.26 Å². The Balaban J connectivity index is 2.59. The van der Waals surface area contributed by atoms with E-state index in [1.807, 2.05) is 12.1 Å². The molecular formula is C15H25NO3S. The molecule has 0 atom stereocenters. The fourth-order valence-corrected chi connectivity index (χ4v) is 2.74. The summed E-state index contributed by atoms with van der Waals surface area (Å²) in [5.74, 6) is 0. The van der Waals surface area contributed by atoms with Crippen molar-refractivity contribution in [1.29, 1.82) is 0 Å². The van der Waals surface area contributed by atoms with Crippen molar-refractivity contribution >= 4 is 9.84 Å². The molecule has 1 aromatic carbocycles. The summed E-state index contributed by atoms with van der Waals surface area (Å²) in [7, 11) is -3.13. The van der Waals surface area contributed by atoms with Gasteiger partial charge in [0.25, 0.3) is 0 Å². The zero-order valence-electron chi connectivity index (χ0n) is 12.5. The summed E-state index contributed by atoms with van der Waals surface area (Å²) in [6.45, 7) is 5.78. The first-order valence-electron chi connectivity index (χ1n) is 6.97. The number of sulfone groups is 1. The normalized spacial score (nSPS) is 12.6. The number of aliphatic hydroxyl groups is 1. The van der Waals surface area contributed by atoms with Gasteiger partial charge in [-0.2, -0.15) is 0 Å². The molecule has 0 aliphatic carbocycles. The SMILES string of the molecule is CCC(CC)(CO)CNCc1ccc(S(C)(=O)=O)cc1. The fourth-order valence-electron chi connectivity index (χ4n) is 2.11. The van der Waals surface area contributed by atoms with Crippen LogP contribution in [0, 0.1) is 5.41 Å². The Morgan fingerprint density at radius 3 is 2.10 bits per heavy atom. The van der Waals surface area contributed by atoms with Crippen molar-refractivity contribution in [2.45, 2.75) is 38.1 Å². The summed E-state index contributed by atoms with van der Waals surface area (Å²) in [6.07, 6.45) is 3.07. The van der Waals surface area contributed by atoms with E-state index >= 15 is 0 Å². The summed E-state index contributed by atoms with van der Waals surface area (Å²) < 4.78 is 22.7. The highest BCUT2D eigenvalue weighted by Gasteiger charge is 2.24. The van der Waals surface area contributed by atoms with Crippen molar-refractivity contribution in [2.24, 2.45) is 5.41 Å². The van der Waals surface area contributed by atoms with E-state index in [4.69, 9.17) is 0 Å². The molecule has 1 rings (SSSR count). The standard InChI is InChI=1S/C15H25NO3S/c1-4-15(5-2,12-17)11-16-10-13-6-8-14(9-7-13)20(3,18)19/h6-9,16-17H,4-5,10-12H2,1-3H3. The third kappa shape index (κ3) is 4.58. The smallest absolute Gasteiger partial charge is 0.175 e. The molecule has 0 aliphatic heterocycles. The monoisotopic (exact) mass is 299 g/mol. The Labute approximate surface area is 122 Å². The van der Waals surface area contributed by atoms with Crippen molar-refractivity contribution in [1.82, 2.24) is 5.32 Å². The molecule has 20 heavy (non-hydrogen) atoms. The fraction of sp³-hybridized carbons (Fsp3) is 0.600. The first-order chi connectivity index (χ1) is 9.37. The Kier molecular flexibility index (Phi) is 6.17. The predicted octanol–water partition coefficient (Wildman–Crippen LogP) is 1.98. The number of hydrogen-bond acceptors (Lipinski definition) is 4. The molecule has 0 radical (unpaired) electrons. The average molecular weight is 299 g/mol. The molecule has 1 aromatic rings. The minimum atomic E-state index is -3.13. The molecule has 0 amide bonds. The van der Waals surface area contributed by atoms with Gasteiger partial charge in [0.15, 0.2) is 9.84 Å². The number of hydrogen-bond donors (Lipinski definition) is 2. The van der Waals surface area contributed by atoms with Crippen molar-refractivity contribution in [3.63, 3.8) is 0 Å². The van der Waals surface area contributed by atoms with E-state index in [0.717, 1.165) is 24.9 Å². The van der Waals surface area contributed by atoms with Gasteiger partial charge in [-0.15, -0.1) is 0 Å². The first-order valence-corrected chi connectivity index (χ1v) is 8.86. The maximum absolute atomic E-state index is 11.4. The number of aliphatic hydroxyl groups excluding tert-OH is 1. The second kappa shape index (κ2) is 7.20. The van der Waals surface area contributed by atoms with Gasteiger partial charge in [-0.05, 0) is 30.5 Å². The number of benzene rings is 1. The first kappa shape index (κ1) is 17.1. The molecule has 4 nitrogen and oxygen atoms in total. The number of nitrogens with one attached hydrogen (secondary N) is 1. The van der Waals surface area contributed by atoms with Crippen molar-refractivity contribution in [3.05, 3.63) is 29.8 Å². The Bertz CT molecular complexity index is 496. The largest absolute Gasteiger partial charge is 0.396 e. The maximum Gasteiger partial charge on any atom is 0.175 e. The van der Waals surface area contributed by atoms with Crippen LogP contribution >= 0.6 is 0 Å². The predicted molar refractivity (Wildman–Crippen MR) is 81.4 cm³/mol. The molecule has 0 spiro atoms. The zero-order chi connectivity index (χ0) is 15.2. The van der Waals surface area contributed by atoms with E-state index in [2.05, 4.69) is 19.2 Å². The van der Waals surface area contributed by atoms with Crippen LogP contribution < -0.4 is 5.32 Å².